The van der Waals surface area contributed by atoms with Gasteiger partial charge in [-0.1, -0.05) is 75.8 Å². The van der Waals surface area contributed by atoms with Crippen LogP contribution in [0.15, 0.2) is 0 Å². The number of H-pyrrole nitrogens is 1. The minimum absolute atomic E-state index is 0.00487. The summed E-state index contributed by atoms with van der Waals surface area (Å²) in [4.78, 5) is 65.6. The van der Waals surface area contributed by atoms with Gasteiger partial charge in [0, 0.05) is 25.7 Å². The summed E-state index contributed by atoms with van der Waals surface area (Å²) in [6, 6.07) is -1.04. The zero-order valence-corrected chi connectivity index (χ0v) is 26.2. The van der Waals surface area contributed by atoms with Gasteiger partial charge in [0.15, 0.2) is 5.82 Å². The number of hydrogen-bond acceptors (Lipinski definition) is 10. The van der Waals surface area contributed by atoms with E-state index in [0.29, 0.717) is 11.5 Å². The van der Waals surface area contributed by atoms with Gasteiger partial charge in [-0.15, -0.1) is 15.3 Å². The molecule has 1 aliphatic rings. The van der Waals surface area contributed by atoms with Crippen molar-refractivity contribution in [2.45, 2.75) is 154 Å². The molecule has 0 saturated carbocycles. The van der Waals surface area contributed by atoms with Crippen LogP contribution >= 0.6 is 0 Å². The van der Waals surface area contributed by atoms with Gasteiger partial charge < -0.3 is 14.9 Å². The lowest BCUT2D eigenvalue weighted by molar-refractivity contribution is -0.197. The molecule has 1 fully saturated rings. The van der Waals surface area contributed by atoms with Crippen molar-refractivity contribution in [2.75, 3.05) is 0 Å². The third-order valence-corrected chi connectivity index (χ3v) is 7.06. The topological polar surface area (TPSA) is 174 Å². The van der Waals surface area contributed by atoms with E-state index in [-0.39, 0.29) is 38.0 Å². The molecule has 2 rings (SSSR count). The van der Waals surface area contributed by atoms with Crippen LogP contribution in [-0.2, 0) is 40.0 Å². The Labute approximate surface area is 254 Å². The lowest BCUT2D eigenvalue weighted by Gasteiger charge is -2.24. The molecule has 1 saturated heterocycles. The molecular weight excluding hydrogens is 556 g/mol. The SMILES string of the molecule is CC(C)(C)OC(=O)[C@@H](CCC(=O)ON1C(=O)CCC1=O)NC(=O)CCCCCCCCCCCCCCCc1nn[nH]n1. The van der Waals surface area contributed by atoms with E-state index in [4.69, 9.17) is 9.57 Å². The molecule has 0 bridgehead atoms. The molecule has 1 aliphatic heterocycles. The van der Waals surface area contributed by atoms with Gasteiger partial charge in [-0.2, -0.15) is 5.21 Å². The Balaban J connectivity index is 1.52. The molecule has 0 aliphatic carbocycles. The molecule has 0 radical (unpaired) electrons. The highest BCUT2D eigenvalue weighted by atomic mass is 16.7. The lowest BCUT2D eigenvalue weighted by atomic mass is 10.0. The van der Waals surface area contributed by atoms with Crippen LogP contribution in [0.25, 0.3) is 0 Å². The third-order valence-electron chi connectivity index (χ3n) is 7.06. The molecule has 1 aromatic rings. The van der Waals surface area contributed by atoms with E-state index in [2.05, 4.69) is 25.9 Å². The average Bonchev–Trinajstić information content (AvgIpc) is 3.57. The second-order valence-corrected chi connectivity index (χ2v) is 12.2. The molecule has 13 nitrogen and oxygen atoms in total. The van der Waals surface area contributed by atoms with E-state index in [1.807, 2.05) is 0 Å². The molecule has 13 heteroatoms. The van der Waals surface area contributed by atoms with Crippen molar-refractivity contribution in [2.24, 2.45) is 0 Å². The maximum absolute atomic E-state index is 12.7. The first-order valence-electron chi connectivity index (χ1n) is 15.9. The van der Waals surface area contributed by atoms with Gasteiger partial charge in [-0.25, -0.2) is 9.59 Å². The standard InChI is InChI=1S/C30H50N6O7/c1-30(2,3)42-29(41)23(19-22-28(40)43-36-26(38)20-21-27(36)39)31-25(37)18-16-14-12-10-8-6-4-5-7-9-11-13-15-17-24-32-34-35-33-24/h23H,4-22H2,1-3H3,(H,31,37)(H,32,33,34,35)/t23-/m1/s1. The number of amides is 3. The first-order valence-corrected chi connectivity index (χ1v) is 15.9. The Bertz CT molecular complexity index is 993. The van der Waals surface area contributed by atoms with E-state index >= 15 is 0 Å². The minimum atomic E-state index is -1.04. The number of aromatic amines is 1. The fourth-order valence-corrected chi connectivity index (χ4v) is 4.76. The first kappa shape index (κ1) is 35.8. The highest BCUT2D eigenvalue weighted by molar-refractivity contribution is 6.01. The lowest BCUT2D eigenvalue weighted by Crippen LogP contribution is -2.44. The van der Waals surface area contributed by atoms with Crippen molar-refractivity contribution in [1.29, 1.82) is 0 Å². The summed E-state index contributed by atoms with van der Waals surface area (Å²) in [6.45, 7) is 5.14. The molecule has 2 N–H and O–H groups in total. The summed E-state index contributed by atoms with van der Waals surface area (Å²) >= 11 is 0. The molecule has 1 atom stereocenters. The summed E-state index contributed by atoms with van der Waals surface area (Å²) in [5.41, 5.74) is -0.771. The number of carbonyl (C=O) groups excluding carboxylic acids is 5. The molecule has 0 aromatic carbocycles. The second-order valence-electron chi connectivity index (χ2n) is 12.2. The van der Waals surface area contributed by atoms with Crippen molar-refractivity contribution in [3.63, 3.8) is 0 Å². The Morgan fingerprint density at radius 2 is 1.37 bits per heavy atom. The summed E-state index contributed by atoms with van der Waals surface area (Å²) in [6.07, 6.45) is 15.7. The molecule has 0 spiro atoms. The van der Waals surface area contributed by atoms with Crippen molar-refractivity contribution in [1.82, 2.24) is 31.0 Å². The van der Waals surface area contributed by atoms with Crippen molar-refractivity contribution < 1.29 is 33.5 Å². The van der Waals surface area contributed by atoms with Crippen LogP contribution in [0, 0.1) is 0 Å². The number of esters is 1. The minimum Gasteiger partial charge on any atom is -0.458 e. The van der Waals surface area contributed by atoms with Crippen LogP contribution in [0.4, 0.5) is 0 Å². The van der Waals surface area contributed by atoms with Crippen molar-refractivity contribution in [3.8, 4) is 0 Å². The van der Waals surface area contributed by atoms with E-state index < -0.39 is 35.4 Å². The summed E-state index contributed by atoms with van der Waals surface area (Å²) in [7, 11) is 0. The van der Waals surface area contributed by atoms with Gasteiger partial charge >= 0.3 is 11.9 Å². The van der Waals surface area contributed by atoms with Gasteiger partial charge in [0.25, 0.3) is 11.8 Å². The maximum atomic E-state index is 12.7. The molecule has 2 heterocycles. The molecule has 1 aromatic heterocycles. The van der Waals surface area contributed by atoms with Crippen LogP contribution in [0.3, 0.4) is 0 Å². The van der Waals surface area contributed by atoms with Crippen LogP contribution in [0.1, 0.15) is 142 Å². The summed E-state index contributed by atoms with van der Waals surface area (Å²) < 4.78 is 5.41. The van der Waals surface area contributed by atoms with Gasteiger partial charge in [0.1, 0.15) is 11.6 Å². The number of imide groups is 1. The van der Waals surface area contributed by atoms with E-state index in [9.17, 15) is 24.0 Å². The van der Waals surface area contributed by atoms with E-state index in [1.165, 1.54) is 51.4 Å². The number of aromatic nitrogens is 4. The molecule has 3 amide bonds. The van der Waals surface area contributed by atoms with Crippen LogP contribution < -0.4 is 5.32 Å². The molecule has 0 unspecified atom stereocenters. The van der Waals surface area contributed by atoms with Gasteiger partial charge in [-0.05, 0) is 40.0 Å². The Morgan fingerprint density at radius 1 is 0.837 bits per heavy atom. The smallest absolute Gasteiger partial charge is 0.333 e. The number of rotatable bonds is 22. The van der Waals surface area contributed by atoms with E-state index in [0.717, 1.165) is 37.9 Å². The fraction of sp³-hybridized carbons (Fsp3) is 0.800. The van der Waals surface area contributed by atoms with Gasteiger partial charge in [0.2, 0.25) is 5.91 Å². The zero-order chi connectivity index (χ0) is 31.5. The molecule has 242 valence electrons. The number of unbranched alkanes of at least 4 members (excludes halogenated alkanes) is 12. The third kappa shape index (κ3) is 16.2. The monoisotopic (exact) mass is 606 g/mol. The quantitative estimate of drug-likeness (QED) is 0.109. The van der Waals surface area contributed by atoms with Crippen LogP contribution in [0.2, 0.25) is 0 Å². The van der Waals surface area contributed by atoms with Crippen LogP contribution in [-0.4, -0.2) is 67.0 Å². The number of tetrazole rings is 1. The number of nitrogens with zero attached hydrogens (tertiary/aromatic N) is 4. The number of carbonyl (C=O) groups is 5. The Kier molecular flexibility index (Phi) is 16.4. The van der Waals surface area contributed by atoms with Gasteiger partial charge in [-0.3, -0.25) is 14.4 Å². The van der Waals surface area contributed by atoms with E-state index in [1.54, 1.807) is 20.8 Å². The predicted octanol–water partition coefficient (Wildman–Crippen LogP) is 4.42. The average molecular weight is 607 g/mol. The highest BCUT2D eigenvalue weighted by Gasteiger charge is 2.33. The predicted molar refractivity (Wildman–Crippen MR) is 157 cm³/mol. The zero-order valence-electron chi connectivity index (χ0n) is 26.2. The van der Waals surface area contributed by atoms with Crippen molar-refractivity contribution in [3.05, 3.63) is 5.82 Å². The number of hydrogen-bond donors (Lipinski definition) is 2. The Morgan fingerprint density at radius 3 is 1.88 bits per heavy atom. The van der Waals surface area contributed by atoms with Gasteiger partial charge in [0.05, 0.1) is 6.42 Å². The summed E-state index contributed by atoms with van der Waals surface area (Å²) in [5, 5.41) is 17.1. The van der Waals surface area contributed by atoms with Crippen LogP contribution in [0.5, 0.6) is 0 Å². The molecule has 43 heavy (non-hydrogen) atoms. The molecular formula is C30H50N6O7. The largest absolute Gasteiger partial charge is 0.458 e. The highest BCUT2D eigenvalue weighted by Crippen LogP contribution is 2.16. The van der Waals surface area contributed by atoms with Crippen molar-refractivity contribution >= 4 is 29.7 Å². The Hall–Kier alpha value is -3.38. The maximum Gasteiger partial charge on any atom is 0.333 e. The first-order chi connectivity index (χ1) is 20.5. The number of ether oxygens (including phenoxy) is 1. The number of hydroxylamine groups is 2. The number of aryl methyl sites for hydroxylation is 1. The second kappa shape index (κ2) is 19.7. The normalized spacial score (nSPS) is 14.2. The summed E-state index contributed by atoms with van der Waals surface area (Å²) in [5.74, 6) is -2.13. The fourth-order valence-electron chi connectivity index (χ4n) is 4.76. The number of nitrogens with one attached hydrogen (secondary N) is 2.